The minimum Gasteiger partial charge on any atom is -0.355 e. The Morgan fingerprint density at radius 3 is 1.74 bits per heavy atom. The molecule has 1 N–H and O–H groups in total. The lowest BCUT2D eigenvalue weighted by molar-refractivity contribution is -0.121. The van der Waals surface area contributed by atoms with Crippen LogP contribution in [0.25, 0.3) is 0 Å². The van der Waals surface area contributed by atoms with Gasteiger partial charge in [-0.3, -0.25) is 19.3 Å². The van der Waals surface area contributed by atoms with Gasteiger partial charge in [-0.05, 0) is 29.7 Å². The van der Waals surface area contributed by atoms with Crippen molar-refractivity contribution in [3.63, 3.8) is 0 Å². The van der Waals surface area contributed by atoms with Crippen LogP contribution in [0.2, 0.25) is 0 Å². The van der Waals surface area contributed by atoms with Crippen LogP contribution in [-0.4, -0.2) is 35.7 Å². The van der Waals surface area contributed by atoms with E-state index in [0.29, 0.717) is 24.1 Å². The topological polar surface area (TPSA) is 66.5 Å². The SMILES string of the molecule is O=C(CCCN1C(=O)c2ccccc2C1=O)NCC(c1ccccc1)c1ccccc1. The highest BCUT2D eigenvalue weighted by Crippen LogP contribution is 2.24. The van der Waals surface area contributed by atoms with Gasteiger partial charge in [0.25, 0.3) is 11.8 Å². The predicted molar refractivity (Wildman–Crippen MR) is 119 cm³/mol. The fraction of sp³-hybridized carbons (Fsp3) is 0.192. The monoisotopic (exact) mass is 412 g/mol. The summed E-state index contributed by atoms with van der Waals surface area (Å²) in [6.07, 6.45) is 0.683. The molecule has 31 heavy (non-hydrogen) atoms. The molecule has 3 amide bonds. The Kier molecular flexibility index (Phi) is 6.22. The van der Waals surface area contributed by atoms with E-state index >= 15 is 0 Å². The van der Waals surface area contributed by atoms with Gasteiger partial charge in [-0.2, -0.15) is 0 Å². The normalized spacial score (nSPS) is 12.9. The van der Waals surface area contributed by atoms with Gasteiger partial charge in [0.2, 0.25) is 5.91 Å². The fourth-order valence-corrected chi connectivity index (χ4v) is 3.94. The maximum Gasteiger partial charge on any atom is 0.261 e. The van der Waals surface area contributed by atoms with E-state index in [2.05, 4.69) is 29.6 Å². The third-order valence-corrected chi connectivity index (χ3v) is 5.57. The summed E-state index contributed by atoms with van der Waals surface area (Å²) in [6, 6.07) is 27.0. The van der Waals surface area contributed by atoms with Crippen molar-refractivity contribution in [3.05, 3.63) is 107 Å². The van der Waals surface area contributed by atoms with E-state index in [0.717, 1.165) is 11.1 Å². The van der Waals surface area contributed by atoms with Crippen LogP contribution in [0, 0.1) is 0 Å². The van der Waals surface area contributed by atoms with Crippen LogP contribution >= 0.6 is 0 Å². The zero-order valence-electron chi connectivity index (χ0n) is 17.2. The van der Waals surface area contributed by atoms with Gasteiger partial charge in [0, 0.05) is 25.4 Å². The summed E-state index contributed by atoms with van der Waals surface area (Å²) in [4.78, 5) is 38.5. The van der Waals surface area contributed by atoms with Crippen LogP contribution in [0.3, 0.4) is 0 Å². The average molecular weight is 412 g/mol. The fourth-order valence-electron chi connectivity index (χ4n) is 3.94. The standard InChI is InChI=1S/C26H24N2O3/c29-24(16-9-17-28-25(30)21-14-7-8-15-22(21)26(28)31)27-18-23(19-10-3-1-4-11-19)20-12-5-2-6-13-20/h1-8,10-15,23H,9,16-18H2,(H,27,29). The van der Waals surface area contributed by atoms with E-state index in [-0.39, 0.29) is 36.6 Å². The van der Waals surface area contributed by atoms with E-state index in [1.165, 1.54) is 4.90 Å². The number of carbonyl (C=O) groups is 3. The number of nitrogens with zero attached hydrogens (tertiary/aromatic N) is 1. The zero-order chi connectivity index (χ0) is 21.6. The lowest BCUT2D eigenvalue weighted by Crippen LogP contribution is -2.33. The van der Waals surface area contributed by atoms with Crippen LogP contribution in [0.15, 0.2) is 84.9 Å². The number of fused-ring (bicyclic) bond motifs is 1. The summed E-state index contributed by atoms with van der Waals surface area (Å²) in [7, 11) is 0. The number of amides is 3. The lowest BCUT2D eigenvalue weighted by atomic mass is 9.91. The summed E-state index contributed by atoms with van der Waals surface area (Å²) in [6.45, 7) is 0.723. The van der Waals surface area contributed by atoms with Crippen LogP contribution in [0.4, 0.5) is 0 Å². The van der Waals surface area contributed by atoms with Gasteiger partial charge in [-0.1, -0.05) is 72.8 Å². The Morgan fingerprint density at radius 2 is 1.23 bits per heavy atom. The third kappa shape index (κ3) is 4.56. The largest absolute Gasteiger partial charge is 0.355 e. The number of benzene rings is 3. The molecule has 0 unspecified atom stereocenters. The molecular formula is C26H24N2O3. The first-order chi connectivity index (χ1) is 15.1. The molecule has 156 valence electrons. The molecule has 1 heterocycles. The van der Waals surface area contributed by atoms with Gasteiger partial charge >= 0.3 is 0 Å². The van der Waals surface area contributed by atoms with E-state index in [1.54, 1.807) is 24.3 Å². The van der Waals surface area contributed by atoms with Gasteiger partial charge in [-0.25, -0.2) is 0 Å². The van der Waals surface area contributed by atoms with Crippen LogP contribution in [-0.2, 0) is 4.79 Å². The zero-order valence-corrected chi connectivity index (χ0v) is 17.2. The molecule has 3 aromatic carbocycles. The molecule has 4 rings (SSSR count). The summed E-state index contributed by atoms with van der Waals surface area (Å²) in [5.74, 6) is -0.598. The van der Waals surface area contributed by atoms with Crippen LogP contribution < -0.4 is 5.32 Å². The second kappa shape index (κ2) is 9.39. The molecule has 0 fully saturated rings. The van der Waals surface area contributed by atoms with Crippen molar-refractivity contribution in [1.82, 2.24) is 10.2 Å². The van der Waals surface area contributed by atoms with Gasteiger partial charge < -0.3 is 5.32 Å². The molecule has 0 aliphatic carbocycles. The number of nitrogens with one attached hydrogen (secondary N) is 1. The Morgan fingerprint density at radius 1 is 0.742 bits per heavy atom. The molecule has 5 heteroatoms. The van der Waals surface area contributed by atoms with E-state index in [4.69, 9.17) is 0 Å². The van der Waals surface area contributed by atoms with Crippen LogP contribution in [0.1, 0.15) is 50.6 Å². The van der Waals surface area contributed by atoms with Crippen molar-refractivity contribution >= 4 is 17.7 Å². The minimum atomic E-state index is -0.283. The number of hydrogen-bond acceptors (Lipinski definition) is 3. The molecular weight excluding hydrogens is 388 g/mol. The molecule has 0 radical (unpaired) electrons. The van der Waals surface area contributed by atoms with Crippen molar-refractivity contribution in [1.29, 1.82) is 0 Å². The number of carbonyl (C=O) groups excluding carboxylic acids is 3. The summed E-state index contributed by atoms with van der Waals surface area (Å²) in [5.41, 5.74) is 3.15. The number of rotatable bonds is 8. The predicted octanol–water partition coefficient (Wildman–Crippen LogP) is 4.01. The van der Waals surface area contributed by atoms with E-state index < -0.39 is 0 Å². The highest BCUT2D eigenvalue weighted by atomic mass is 16.2. The Hall–Kier alpha value is -3.73. The third-order valence-electron chi connectivity index (χ3n) is 5.57. The molecule has 0 spiro atoms. The summed E-state index contributed by atoms with van der Waals surface area (Å²) >= 11 is 0. The van der Waals surface area contributed by atoms with Gasteiger partial charge in [-0.15, -0.1) is 0 Å². The molecule has 0 atom stereocenters. The maximum absolute atomic E-state index is 12.5. The molecule has 0 aromatic heterocycles. The second-order valence-electron chi connectivity index (χ2n) is 7.59. The van der Waals surface area contributed by atoms with Crippen molar-refractivity contribution < 1.29 is 14.4 Å². The molecule has 1 aliphatic rings. The van der Waals surface area contributed by atoms with Crippen LogP contribution in [0.5, 0.6) is 0 Å². The quantitative estimate of drug-likeness (QED) is 0.569. The molecule has 3 aromatic rings. The van der Waals surface area contributed by atoms with Crippen molar-refractivity contribution in [2.45, 2.75) is 18.8 Å². The van der Waals surface area contributed by atoms with Gasteiger partial charge in [0.15, 0.2) is 0 Å². The van der Waals surface area contributed by atoms with Crippen molar-refractivity contribution in [2.24, 2.45) is 0 Å². The van der Waals surface area contributed by atoms with Gasteiger partial charge in [0.1, 0.15) is 0 Å². The first kappa shape index (κ1) is 20.5. The van der Waals surface area contributed by atoms with Crippen molar-refractivity contribution in [3.8, 4) is 0 Å². The molecule has 0 bridgehead atoms. The average Bonchev–Trinajstić information content (AvgIpc) is 3.06. The lowest BCUT2D eigenvalue weighted by Gasteiger charge is -2.19. The highest BCUT2D eigenvalue weighted by Gasteiger charge is 2.34. The molecule has 1 aliphatic heterocycles. The number of imide groups is 1. The Bertz CT molecular complexity index is 1010. The maximum atomic E-state index is 12.5. The van der Waals surface area contributed by atoms with Crippen molar-refractivity contribution in [2.75, 3.05) is 13.1 Å². The minimum absolute atomic E-state index is 0.0580. The van der Waals surface area contributed by atoms with Gasteiger partial charge in [0.05, 0.1) is 11.1 Å². The molecule has 0 saturated heterocycles. The van der Waals surface area contributed by atoms with E-state index in [9.17, 15) is 14.4 Å². The Labute approximate surface area is 181 Å². The first-order valence-electron chi connectivity index (χ1n) is 10.5. The second-order valence-corrected chi connectivity index (χ2v) is 7.59. The highest BCUT2D eigenvalue weighted by molar-refractivity contribution is 6.21. The summed E-state index contributed by atoms with van der Waals surface area (Å²) < 4.78 is 0. The number of hydrogen-bond donors (Lipinski definition) is 1. The molecule has 5 nitrogen and oxygen atoms in total. The smallest absolute Gasteiger partial charge is 0.261 e. The molecule has 0 saturated carbocycles. The first-order valence-corrected chi connectivity index (χ1v) is 10.5. The summed E-state index contributed by atoms with van der Waals surface area (Å²) in [5, 5.41) is 3.02. The van der Waals surface area contributed by atoms with E-state index in [1.807, 2.05) is 36.4 Å². The Balaban J connectivity index is 1.32.